The van der Waals surface area contributed by atoms with E-state index in [4.69, 9.17) is 9.98 Å². The second-order valence-corrected chi connectivity index (χ2v) is 18.2. The van der Waals surface area contributed by atoms with Crippen molar-refractivity contribution in [2.75, 3.05) is 0 Å². The molecule has 59 heavy (non-hydrogen) atoms. The van der Waals surface area contributed by atoms with Gasteiger partial charge < -0.3 is 10.2 Å². The molecule has 4 nitrogen and oxygen atoms in total. The Kier molecular flexibility index (Phi) is 19.1. The molecule has 0 N–H and O–H groups in total. The van der Waals surface area contributed by atoms with Gasteiger partial charge in [0.15, 0.2) is 0 Å². The molecule has 0 saturated heterocycles. The fraction of sp³-hybridized carbons (Fsp3) is 0.115. The monoisotopic (exact) mass is 848 g/mol. The van der Waals surface area contributed by atoms with Gasteiger partial charge in [-0.15, -0.1) is 0 Å². The zero-order chi connectivity index (χ0) is 39.8. The van der Waals surface area contributed by atoms with Crippen LogP contribution < -0.4 is 31.4 Å². The van der Waals surface area contributed by atoms with Crippen molar-refractivity contribution in [3.8, 4) is 0 Å². The van der Waals surface area contributed by atoms with Crippen LogP contribution in [0.3, 0.4) is 0 Å². The Bertz CT molecular complexity index is 1590. The number of nitrogens with zero attached hydrogens (tertiary/aromatic N) is 2. The summed E-state index contributed by atoms with van der Waals surface area (Å²) < 4.78 is 0. The minimum atomic E-state index is -0.940. The van der Waals surface area contributed by atoms with Crippen LogP contribution >= 0.6 is 15.8 Å². The van der Waals surface area contributed by atoms with E-state index >= 15 is 0 Å². The Morgan fingerprint density at radius 1 is 0.390 bits per heavy atom. The van der Waals surface area contributed by atoms with Crippen molar-refractivity contribution in [3.63, 3.8) is 0 Å². The maximum atomic E-state index is 14.0. The van der Waals surface area contributed by atoms with Gasteiger partial charge in [-0.25, -0.2) is 0 Å². The molecule has 0 bridgehead atoms. The number of aliphatic imine (C=N–C) groups is 2. The number of hydrogen-bond donors (Lipinski definition) is 0. The Hall–Kier alpha value is -2.80. The summed E-state index contributed by atoms with van der Waals surface area (Å²) in [4.78, 5) is 9.61. The second kappa shape index (κ2) is 24.6. The summed E-state index contributed by atoms with van der Waals surface area (Å²) in [5.74, 6) is 0.831. The molecule has 4 aromatic rings. The molecule has 0 spiro atoms. The third kappa shape index (κ3) is 12.9. The first-order valence-electron chi connectivity index (χ1n) is 19.8. The van der Waals surface area contributed by atoms with Crippen LogP contribution in [0.5, 0.6) is 0 Å². The summed E-state index contributed by atoms with van der Waals surface area (Å²) in [5.41, 5.74) is 2.02. The van der Waals surface area contributed by atoms with Gasteiger partial charge in [0.05, 0.1) is 12.1 Å². The quantitative estimate of drug-likeness (QED) is 0.0715. The van der Waals surface area contributed by atoms with Gasteiger partial charge in [-0.05, 0) is 164 Å². The molecule has 5 aliphatic rings. The third-order valence-electron chi connectivity index (χ3n) is 9.96. The Morgan fingerprint density at radius 2 is 0.661 bits per heavy atom. The van der Waals surface area contributed by atoms with E-state index in [2.05, 4.69) is 110 Å². The van der Waals surface area contributed by atoms with E-state index in [1.165, 1.54) is 21.2 Å². The molecule has 5 aliphatic carbocycles. The van der Waals surface area contributed by atoms with Crippen LogP contribution in [-0.2, 0) is 17.1 Å². The van der Waals surface area contributed by atoms with Gasteiger partial charge in [0.25, 0.3) is 0 Å². The predicted octanol–water partition coefficient (Wildman–Crippen LogP) is 7.59. The van der Waals surface area contributed by atoms with E-state index in [0.29, 0.717) is 11.8 Å². The first kappa shape index (κ1) is 45.7. The smallest absolute Gasteiger partial charge is 0.862 e. The number of benzene rings is 4. The summed E-state index contributed by atoms with van der Waals surface area (Å²) in [6.45, 7) is 0. The molecule has 20 radical (unpaired) electrons. The van der Waals surface area contributed by atoms with Gasteiger partial charge in [-0.2, -0.15) is 0 Å². The van der Waals surface area contributed by atoms with Crippen molar-refractivity contribution in [2.24, 2.45) is 9.98 Å². The first-order chi connectivity index (χ1) is 28.7. The SMILES string of the molecule is [CH]1[CH][CH][CH][CH]1.[CH]1[CH][CH][CH][CH]1.[Fe+2].[O-]C(=N[C@H]1CCCC[C@@H]1N=C([O-])[C]1[CH][CH][CH][C]1P(c1ccccc1)c1ccccc1)[C]1[CH][CH][CH][C]1P(c1ccccc1)c1ccccc1. The summed E-state index contributed by atoms with van der Waals surface area (Å²) in [6, 6.07) is 40.9. The van der Waals surface area contributed by atoms with Crippen molar-refractivity contribution < 1.29 is 27.3 Å². The molecule has 0 aromatic heterocycles. The van der Waals surface area contributed by atoms with Crippen LogP contribution in [0.2, 0.25) is 0 Å². The minimum Gasteiger partial charge on any atom is -0.862 e. The fourth-order valence-corrected chi connectivity index (χ4v) is 12.1. The molecule has 5 fully saturated rings. The standard InChI is InChI=1S/C42H38N2O2P2.2C5H5.Fe/c45-41(35-25-15-29-39(35)47(31-17-5-1-6-18-31)32-19-7-2-8-20-32)43-37-27-13-14-28-38(37)44-42(46)36-26-16-30-40(36)48(33-21-9-3-10-22-33)34-23-11-4-12-24-34;2*1-2-4-5-3-1;/h1-12,15-26,29-30,37-38H,13-14,27-28H2,(H,43,45)(H,44,46);2*1-5H;/q;;;+2/p-2/t37-,38-;;;/m0.../s1. The zero-order valence-electron chi connectivity index (χ0n) is 32.7. The predicted molar refractivity (Wildman–Crippen MR) is 241 cm³/mol. The van der Waals surface area contributed by atoms with Gasteiger partial charge in [0.1, 0.15) is 0 Å². The molecule has 0 unspecified atom stereocenters. The van der Waals surface area contributed by atoms with Crippen molar-refractivity contribution >= 4 is 48.9 Å². The molecular formula is C52H46FeN2O2P2. The molecule has 0 aliphatic heterocycles. The zero-order valence-corrected chi connectivity index (χ0v) is 35.6. The van der Waals surface area contributed by atoms with Gasteiger partial charge in [-0.3, -0.25) is 9.98 Å². The maximum absolute atomic E-state index is 14.0. The summed E-state index contributed by atoms with van der Waals surface area (Å²) in [5, 5.41) is 32.7. The van der Waals surface area contributed by atoms with E-state index in [1.54, 1.807) is 0 Å². The van der Waals surface area contributed by atoms with Crippen LogP contribution in [0.1, 0.15) is 25.7 Å². The van der Waals surface area contributed by atoms with Gasteiger partial charge in [-0.1, -0.05) is 134 Å². The van der Waals surface area contributed by atoms with Gasteiger partial charge >= 0.3 is 17.1 Å². The van der Waals surface area contributed by atoms with Crippen molar-refractivity contribution in [2.45, 2.75) is 37.8 Å². The molecule has 294 valence electrons. The molecule has 9 rings (SSSR count). The van der Waals surface area contributed by atoms with Crippen LogP contribution in [0.4, 0.5) is 0 Å². The molecule has 0 amide bonds. The number of hydrogen-bond acceptors (Lipinski definition) is 4. The largest absolute Gasteiger partial charge is 2.00 e. The van der Waals surface area contributed by atoms with Gasteiger partial charge in [0, 0.05) is 23.2 Å². The summed E-state index contributed by atoms with van der Waals surface area (Å²) in [7, 11) is -1.88. The minimum absolute atomic E-state index is 0. The molecular weight excluding hydrogens is 802 g/mol. The summed E-state index contributed by atoms with van der Waals surface area (Å²) >= 11 is 0. The second-order valence-electron chi connectivity index (χ2n) is 13.9. The Balaban J connectivity index is 0.000000466. The van der Waals surface area contributed by atoms with Crippen LogP contribution in [-0.4, -0.2) is 23.9 Å². The molecule has 7 heteroatoms. The maximum Gasteiger partial charge on any atom is 2.00 e. The van der Waals surface area contributed by atoms with E-state index in [-0.39, 0.29) is 40.9 Å². The van der Waals surface area contributed by atoms with E-state index < -0.39 is 15.8 Å². The fourth-order valence-electron chi connectivity index (χ4n) is 7.21. The van der Waals surface area contributed by atoms with Crippen molar-refractivity contribution in [1.29, 1.82) is 0 Å². The third-order valence-corrected chi connectivity index (χ3v) is 15.0. The average Bonchev–Trinajstić information content (AvgIpc) is 4.14. The first-order valence-corrected chi connectivity index (χ1v) is 22.5. The molecule has 4 aromatic carbocycles. The van der Waals surface area contributed by atoms with Crippen LogP contribution in [0.25, 0.3) is 0 Å². The topological polar surface area (TPSA) is 70.8 Å². The van der Waals surface area contributed by atoms with Crippen LogP contribution in [0.15, 0.2) is 131 Å². The van der Waals surface area contributed by atoms with Crippen molar-refractivity contribution in [3.05, 3.63) is 247 Å². The van der Waals surface area contributed by atoms with E-state index in [1.807, 2.05) is 114 Å². The van der Waals surface area contributed by atoms with E-state index in [0.717, 1.165) is 37.0 Å². The Labute approximate surface area is 369 Å². The molecule has 2 atom stereocenters. The van der Waals surface area contributed by atoms with Crippen LogP contribution in [0, 0.1) is 126 Å². The Morgan fingerprint density at radius 3 is 0.932 bits per heavy atom. The number of rotatable bonds is 10. The van der Waals surface area contributed by atoms with Gasteiger partial charge in [0.2, 0.25) is 0 Å². The molecule has 5 saturated carbocycles. The molecule has 0 heterocycles. The average molecular weight is 849 g/mol. The summed E-state index contributed by atoms with van der Waals surface area (Å²) in [6.07, 6.45) is 35.2. The van der Waals surface area contributed by atoms with Crippen molar-refractivity contribution in [1.82, 2.24) is 0 Å². The van der Waals surface area contributed by atoms with E-state index in [9.17, 15) is 10.2 Å². The normalized spacial score (nSPS) is 22.1.